The largest absolute Gasteiger partial charge is 0.445 e. The molecular formula is C18H17N5O2S. The van der Waals surface area contributed by atoms with Gasteiger partial charge in [0.1, 0.15) is 5.76 Å². The van der Waals surface area contributed by atoms with Crippen molar-refractivity contribution >= 4 is 28.4 Å². The zero-order valence-electron chi connectivity index (χ0n) is 14.5. The van der Waals surface area contributed by atoms with Crippen molar-refractivity contribution in [2.75, 3.05) is 0 Å². The zero-order chi connectivity index (χ0) is 18.3. The van der Waals surface area contributed by atoms with Crippen LogP contribution < -0.4 is 5.56 Å². The van der Waals surface area contributed by atoms with E-state index in [2.05, 4.69) is 21.8 Å². The standard InChI is InChI=1S/C18H17N5O2S/c1-4-9-22-16(24)13-7-5-6-8-14(13)23-17(22)20-21-18(23)26-10-15-11(2)19-12(3)25-15/h4-8H,1,9-10H2,2-3H3. The first-order chi connectivity index (χ1) is 12.6. The van der Waals surface area contributed by atoms with Crippen molar-refractivity contribution in [3.05, 3.63) is 64.6 Å². The summed E-state index contributed by atoms with van der Waals surface area (Å²) >= 11 is 1.50. The van der Waals surface area contributed by atoms with Crippen molar-refractivity contribution in [1.29, 1.82) is 0 Å². The molecule has 0 fully saturated rings. The number of rotatable bonds is 5. The van der Waals surface area contributed by atoms with E-state index in [4.69, 9.17) is 4.42 Å². The fourth-order valence-electron chi connectivity index (χ4n) is 2.96. The Morgan fingerprint density at radius 1 is 1.27 bits per heavy atom. The highest BCUT2D eigenvalue weighted by molar-refractivity contribution is 7.98. The van der Waals surface area contributed by atoms with Gasteiger partial charge >= 0.3 is 0 Å². The van der Waals surface area contributed by atoms with Gasteiger partial charge in [-0.15, -0.1) is 16.8 Å². The van der Waals surface area contributed by atoms with Gasteiger partial charge in [-0.1, -0.05) is 30.0 Å². The number of hydrogen-bond donors (Lipinski definition) is 0. The van der Waals surface area contributed by atoms with Crippen molar-refractivity contribution in [3.8, 4) is 0 Å². The van der Waals surface area contributed by atoms with Gasteiger partial charge in [0, 0.05) is 13.5 Å². The Morgan fingerprint density at radius 2 is 2.08 bits per heavy atom. The predicted octanol–water partition coefficient (Wildman–Crippen LogP) is 3.13. The molecule has 0 amide bonds. The van der Waals surface area contributed by atoms with E-state index in [1.807, 2.05) is 42.5 Å². The van der Waals surface area contributed by atoms with E-state index in [0.717, 1.165) is 17.0 Å². The van der Waals surface area contributed by atoms with Crippen molar-refractivity contribution in [2.24, 2.45) is 0 Å². The molecule has 8 heteroatoms. The smallest absolute Gasteiger partial charge is 0.263 e. The van der Waals surface area contributed by atoms with E-state index in [9.17, 15) is 4.79 Å². The number of hydrogen-bond acceptors (Lipinski definition) is 6. The van der Waals surface area contributed by atoms with E-state index in [-0.39, 0.29) is 5.56 Å². The molecule has 4 rings (SSSR count). The van der Waals surface area contributed by atoms with Gasteiger partial charge in [-0.25, -0.2) is 4.98 Å². The molecule has 0 saturated heterocycles. The number of oxazole rings is 1. The fourth-order valence-corrected chi connectivity index (χ4v) is 3.89. The SMILES string of the molecule is C=CCn1c(=O)c2ccccc2n2c(SCc3oc(C)nc3C)nnc12. The highest BCUT2D eigenvalue weighted by atomic mass is 32.2. The third kappa shape index (κ3) is 2.62. The second kappa shape index (κ2) is 6.45. The second-order valence-corrected chi connectivity index (χ2v) is 6.81. The van der Waals surface area contributed by atoms with E-state index in [1.165, 1.54) is 11.8 Å². The molecule has 0 bridgehead atoms. The molecule has 0 atom stereocenters. The van der Waals surface area contributed by atoms with E-state index in [1.54, 1.807) is 10.6 Å². The molecule has 0 aliphatic heterocycles. The molecule has 0 radical (unpaired) electrons. The summed E-state index contributed by atoms with van der Waals surface area (Å²) < 4.78 is 9.12. The van der Waals surface area contributed by atoms with Crippen LogP contribution in [0, 0.1) is 13.8 Å². The van der Waals surface area contributed by atoms with Crippen LogP contribution >= 0.6 is 11.8 Å². The maximum Gasteiger partial charge on any atom is 0.263 e. The summed E-state index contributed by atoms with van der Waals surface area (Å²) in [4.78, 5) is 17.1. The van der Waals surface area contributed by atoms with Crippen LogP contribution in [-0.4, -0.2) is 24.1 Å². The molecule has 1 aromatic carbocycles. The molecule has 0 spiro atoms. The van der Waals surface area contributed by atoms with Crippen molar-refractivity contribution < 1.29 is 4.42 Å². The first kappa shape index (κ1) is 16.6. The van der Waals surface area contributed by atoms with Gasteiger partial charge in [0.15, 0.2) is 11.0 Å². The Balaban J connectivity index is 1.87. The van der Waals surface area contributed by atoms with E-state index >= 15 is 0 Å². The van der Waals surface area contributed by atoms with Gasteiger partial charge < -0.3 is 4.42 Å². The number of allylic oxidation sites excluding steroid dienone is 1. The van der Waals surface area contributed by atoms with E-state index < -0.39 is 0 Å². The topological polar surface area (TPSA) is 78.2 Å². The van der Waals surface area contributed by atoms with Crippen LogP contribution in [0.3, 0.4) is 0 Å². The number of aromatic nitrogens is 5. The van der Waals surface area contributed by atoms with Gasteiger partial charge in [0.05, 0.1) is 22.3 Å². The molecule has 26 heavy (non-hydrogen) atoms. The van der Waals surface area contributed by atoms with Gasteiger partial charge in [-0.2, -0.15) is 0 Å². The Bertz CT molecular complexity index is 1190. The Hall–Kier alpha value is -2.87. The molecule has 132 valence electrons. The van der Waals surface area contributed by atoms with Gasteiger partial charge in [-0.05, 0) is 19.1 Å². The number of benzene rings is 1. The minimum atomic E-state index is -0.0985. The molecular weight excluding hydrogens is 350 g/mol. The summed E-state index contributed by atoms with van der Waals surface area (Å²) in [6, 6.07) is 7.47. The maximum atomic E-state index is 12.8. The van der Waals surface area contributed by atoms with Crippen LogP contribution in [-0.2, 0) is 12.3 Å². The number of thioether (sulfide) groups is 1. The lowest BCUT2D eigenvalue weighted by molar-refractivity contribution is 0.490. The first-order valence-electron chi connectivity index (χ1n) is 8.13. The van der Waals surface area contributed by atoms with Crippen LogP contribution in [0.15, 0.2) is 51.3 Å². The molecule has 7 nitrogen and oxygen atoms in total. The number of nitrogens with zero attached hydrogens (tertiary/aromatic N) is 5. The summed E-state index contributed by atoms with van der Waals surface area (Å²) in [5.74, 6) is 2.55. The molecule has 0 saturated carbocycles. The van der Waals surface area contributed by atoms with Gasteiger partial charge in [-0.3, -0.25) is 13.8 Å². The lowest BCUT2D eigenvalue weighted by atomic mass is 10.2. The quantitative estimate of drug-likeness (QED) is 0.398. The monoisotopic (exact) mass is 367 g/mol. The normalized spacial score (nSPS) is 11.5. The van der Waals surface area contributed by atoms with Crippen molar-refractivity contribution in [2.45, 2.75) is 31.3 Å². The molecule has 0 aliphatic rings. The number of aryl methyl sites for hydroxylation is 2. The lowest BCUT2D eigenvalue weighted by Crippen LogP contribution is -2.22. The van der Waals surface area contributed by atoms with Crippen LogP contribution in [0.4, 0.5) is 0 Å². The van der Waals surface area contributed by atoms with Crippen molar-refractivity contribution in [1.82, 2.24) is 24.1 Å². The van der Waals surface area contributed by atoms with E-state index in [0.29, 0.717) is 34.5 Å². The number of para-hydroxylation sites is 1. The highest BCUT2D eigenvalue weighted by Gasteiger charge is 2.17. The fraction of sp³-hybridized carbons (Fsp3) is 0.222. The Labute approximate surface area is 153 Å². The van der Waals surface area contributed by atoms with Crippen LogP contribution in [0.25, 0.3) is 16.7 Å². The van der Waals surface area contributed by atoms with Crippen LogP contribution in [0.5, 0.6) is 0 Å². The van der Waals surface area contributed by atoms with Crippen LogP contribution in [0.1, 0.15) is 17.3 Å². The van der Waals surface area contributed by atoms with Crippen molar-refractivity contribution in [3.63, 3.8) is 0 Å². The van der Waals surface area contributed by atoms with Gasteiger partial charge in [0.2, 0.25) is 5.78 Å². The summed E-state index contributed by atoms with van der Waals surface area (Å²) in [6.07, 6.45) is 1.68. The first-order valence-corrected chi connectivity index (χ1v) is 9.12. The minimum absolute atomic E-state index is 0.0985. The van der Waals surface area contributed by atoms with Crippen LogP contribution in [0.2, 0.25) is 0 Å². The molecule has 0 aliphatic carbocycles. The molecule has 4 aromatic rings. The molecule has 0 unspecified atom stereocenters. The number of fused-ring (bicyclic) bond motifs is 3. The van der Waals surface area contributed by atoms with Gasteiger partial charge in [0.25, 0.3) is 5.56 Å². The lowest BCUT2D eigenvalue weighted by Gasteiger charge is -2.09. The second-order valence-electron chi connectivity index (χ2n) is 5.87. The summed E-state index contributed by atoms with van der Waals surface area (Å²) in [6.45, 7) is 7.86. The molecule has 3 heterocycles. The minimum Gasteiger partial charge on any atom is -0.445 e. The third-order valence-electron chi connectivity index (χ3n) is 4.12. The molecule has 0 N–H and O–H groups in total. The summed E-state index contributed by atoms with van der Waals surface area (Å²) in [7, 11) is 0. The maximum absolute atomic E-state index is 12.8. The molecule has 3 aromatic heterocycles. The highest BCUT2D eigenvalue weighted by Crippen LogP contribution is 2.26. The predicted molar refractivity (Wildman–Crippen MR) is 100 cm³/mol. The third-order valence-corrected chi connectivity index (χ3v) is 5.05. The average Bonchev–Trinajstić information content (AvgIpc) is 3.19. The summed E-state index contributed by atoms with van der Waals surface area (Å²) in [5.41, 5.74) is 1.56. The Morgan fingerprint density at radius 3 is 2.81 bits per heavy atom. The zero-order valence-corrected chi connectivity index (χ0v) is 15.3. The summed E-state index contributed by atoms with van der Waals surface area (Å²) in [5, 5.41) is 9.87. The Kier molecular flexibility index (Phi) is 4.12. The average molecular weight is 367 g/mol.